The number of aromatic nitrogens is 2. The predicted octanol–water partition coefficient (Wildman–Crippen LogP) is 0.357. The number of nitrogens with one attached hydrogen (secondary N) is 2. The van der Waals surface area contributed by atoms with Crippen LogP contribution in [0.3, 0.4) is 0 Å². The van der Waals surface area contributed by atoms with Crippen LogP contribution >= 0.6 is 7.75 Å². The second-order valence-electron chi connectivity index (χ2n) is 9.02. The summed E-state index contributed by atoms with van der Waals surface area (Å²) in [5, 5.41) is 34.3. The van der Waals surface area contributed by atoms with Crippen molar-refractivity contribution in [1.29, 1.82) is 5.26 Å². The zero-order valence-electron chi connectivity index (χ0n) is 21.1. The summed E-state index contributed by atoms with van der Waals surface area (Å²) < 4.78 is 36.1. The lowest BCUT2D eigenvalue weighted by Gasteiger charge is -2.34. The second-order valence-corrected chi connectivity index (χ2v) is 10.7. The minimum absolute atomic E-state index is 0.124. The van der Waals surface area contributed by atoms with Crippen molar-refractivity contribution >= 4 is 13.7 Å². The number of hydrogen-bond acceptors (Lipinski definition) is 11. The predicted molar refractivity (Wildman–Crippen MR) is 131 cm³/mol. The SMILES string of the molecule is CC(C)OC(=O)[C@H](C)NP(=O)(OC[C@H]1O[C@](C#N)(n2ccc(=O)[nH]c2=O)[C@](C)(O)[C@@H]1O)Oc1ccccc1. The van der Waals surface area contributed by atoms with Crippen LogP contribution in [0.4, 0.5) is 0 Å². The van der Waals surface area contributed by atoms with Crippen molar-refractivity contribution in [2.75, 3.05) is 6.61 Å². The Bertz CT molecular complexity index is 1350. The highest BCUT2D eigenvalue weighted by atomic mass is 31.2. The molecule has 0 amide bonds. The fourth-order valence-electron chi connectivity index (χ4n) is 3.76. The van der Waals surface area contributed by atoms with Gasteiger partial charge in [-0.25, -0.2) is 9.36 Å². The van der Waals surface area contributed by atoms with Gasteiger partial charge < -0.3 is 24.2 Å². The molecule has 3 rings (SSSR count). The van der Waals surface area contributed by atoms with Crippen LogP contribution in [0.2, 0.25) is 0 Å². The summed E-state index contributed by atoms with van der Waals surface area (Å²) in [7, 11) is -4.38. The Labute approximate surface area is 217 Å². The number of rotatable bonds is 10. The number of aromatic amines is 1. The molecule has 15 heteroatoms. The third-order valence-corrected chi connectivity index (χ3v) is 7.33. The summed E-state index contributed by atoms with van der Waals surface area (Å²) in [5.74, 6) is -0.611. The summed E-state index contributed by atoms with van der Waals surface area (Å²) in [6.07, 6.45) is -2.87. The van der Waals surface area contributed by atoms with Crippen molar-refractivity contribution in [1.82, 2.24) is 14.6 Å². The van der Waals surface area contributed by atoms with Crippen LogP contribution in [0, 0.1) is 11.3 Å². The fraction of sp³-hybridized carbons (Fsp3) is 0.478. The van der Waals surface area contributed by atoms with E-state index in [1.165, 1.54) is 19.1 Å². The molecule has 1 saturated heterocycles. The van der Waals surface area contributed by atoms with Gasteiger partial charge in [0.1, 0.15) is 30.1 Å². The van der Waals surface area contributed by atoms with Gasteiger partial charge in [-0.05, 0) is 39.8 Å². The quantitative estimate of drug-likeness (QED) is 0.233. The number of aliphatic hydroxyl groups excluding tert-OH is 1. The number of esters is 1. The van der Waals surface area contributed by atoms with Gasteiger partial charge in [-0.3, -0.25) is 23.7 Å². The van der Waals surface area contributed by atoms with E-state index < -0.39 is 67.3 Å². The molecule has 1 aliphatic rings. The first kappa shape index (κ1) is 29.2. The monoisotopic (exact) mass is 552 g/mol. The highest BCUT2D eigenvalue weighted by Crippen LogP contribution is 2.48. The van der Waals surface area contributed by atoms with Crippen LogP contribution in [-0.2, 0) is 29.1 Å². The molecule has 2 aromatic rings. The number of benzene rings is 1. The molecule has 6 atom stereocenters. The third-order valence-electron chi connectivity index (χ3n) is 5.69. The van der Waals surface area contributed by atoms with Gasteiger partial charge in [-0.15, -0.1) is 0 Å². The second kappa shape index (κ2) is 11.2. The third kappa shape index (κ3) is 5.88. The van der Waals surface area contributed by atoms with Gasteiger partial charge in [0.15, 0.2) is 5.60 Å². The first-order valence-corrected chi connectivity index (χ1v) is 13.1. The molecule has 0 radical (unpaired) electrons. The summed E-state index contributed by atoms with van der Waals surface area (Å²) >= 11 is 0. The van der Waals surface area contributed by atoms with Crippen molar-refractivity contribution in [3.63, 3.8) is 0 Å². The Hall–Kier alpha value is -3.31. The average molecular weight is 552 g/mol. The topological polar surface area (TPSA) is 202 Å². The van der Waals surface area contributed by atoms with Crippen molar-refractivity contribution < 1.29 is 38.1 Å². The molecule has 1 unspecified atom stereocenters. The number of nitriles is 1. The normalized spacial score (nSPS) is 27.3. The van der Waals surface area contributed by atoms with E-state index >= 15 is 0 Å². The number of carbonyl (C=O) groups is 1. The largest absolute Gasteiger partial charge is 0.462 e. The molecular formula is C23H29N4O10P. The van der Waals surface area contributed by atoms with Crippen LogP contribution in [-0.4, -0.2) is 62.3 Å². The van der Waals surface area contributed by atoms with Crippen molar-refractivity contribution in [3.05, 3.63) is 63.4 Å². The van der Waals surface area contributed by atoms with Gasteiger partial charge in [0.2, 0.25) is 0 Å². The van der Waals surface area contributed by atoms with E-state index in [4.69, 9.17) is 18.5 Å². The fourth-order valence-corrected chi connectivity index (χ4v) is 5.26. The highest BCUT2D eigenvalue weighted by molar-refractivity contribution is 7.52. The Morgan fingerprint density at radius 1 is 1.29 bits per heavy atom. The lowest BCUT2D eigenvalue weighted by Crippen LogP contribution is -2.58. The average Bonchev–Trinajstić information content (AvgIpc) is 3.03. The maximum atomic E-state index is 13.7. The van der Waals surface area contributed by atoms with E-state index in [1.807, 2.05) is 4.98 Å². The zero-order chi connectivity index (χ0) is 28.3. The number of ether oxygens (including phenoxy) is 2. The minimum atomic E-state index is -4.38. The number of carbonyl (C=O) groups excluding carboxylic acids is 1. The van der Waals surface area contributed by atoms with E-state index in [0.29, 0.717) is 4.57 Å². The molecule has 1 aromatic heterocycles. The maximum Gasteiger partial charge on any atom is 0.459 e. The number of hydrogen-bond donors (Lipinski definition) is 4. The maximum absolute atomic E-state index is 13.7. The molecule has 2 heterocycles. The molecule has 1 fully saturated rings. The Morgan fingerprint density at radius 2 is 1.95 bits per heavy atom. The standard InChI is InChI=1S/C23H29N4O10P/c1-14(2)35-20(30)15(3)26-38(33,37-16-8-6-5-7-9-16)34-12-17-19(29)22(4,32)23(13-24,36-17)27-11-10-18(28)25-21(27)31/h5-11,14-15,17,19,29,32H,12H2,1-4H3,(H,26,33)(H,25,28,31)/t15-,17+,19+,22+,23-,38?/m0/s1. The molecule has 14 nitrogen and oxygen atoms in total. The van der Waals surface area contributed by atoms with Crippen molar-refractivity contribution in [3.8, 4) is 11.8 Å². The van der Waals surface area contributed by atoms with Gasteiger partial charge in [0.25, 0.3) is 11.3 Å². The summed E-state index contributed by atoms with van der Waals surface area (Å²) in [6.45, 7) is 4.99. The van der Waals surface area contributed by atoms with Crippen LogP contribution in [0.25, 0.3) is 0 Å². The Kier molecular flexibility index (Phi) is 8.62. The Balaban J connectivity index is 1.89. The first-order chi connectivity index (χ1) is 17.7. The number of aliphatic hydroxyl groups is 2. The molecule has 1 aliphatic heterocycles. The van der Waals surface area contributed by atoms with Gasteiger partial charge in [-0.2, -0.15) is 10.3 Å². The van der Waals surface area contributed by atoms with Crippen LogP contribution in [0.5, 0.6) is 5.75 Å². The lowest BCUT2D eigenvalue weighted by molar-refractivity contribution is -0.151. The molecular weight excluding hydrogens is 523 g/mol. The molecule has 0 spiro atoms. The van der Waals surface area contributed by atoms with Crippen molar-refractivity contribution in [2.45, 2.75) is 63.4 Å². The van der Waals surface area contributed by atoms with Gasteiger partial charge >= 0.3 is 19.4 Å². The van der Waals surface area contributed by atoms with E-state index in [2.05, 4.69) is 5.09 Å². The van der Waals surface area contributed by atoms with Gasteiger partial charge in [0.05, 0.1) is 12.7 Å². The molecule has 38 heavy (non-hydrogen) atoms. The first-order valence-electron chi connectivity index (χ1n) is 11.5. The van der Waals surface area contributed by atoms with Crippen LogP contribution in [0.15, 0.2) is 52.2 Å². The summed E-state index contributed by atoms with van der Waals surface area (Å²) in [4.78, 5) is 38.2. The summed E-state index contributed by atoms with van der Waals surface area (Å²) in [6, 6.07) is 9.36. The van der Waals surface area contributed by atoms with Crippen LogP contribution < -0.4 is 20.9 Å². The lowest BCUT2D eigenvalue weighted by atomic mass is 9.88. The Morgan fingerprint density at radius 3 is 2.53 bits per heavy atom. The van der Waals surface area contributed by atoms with E-state index in [1.54, 1.807) is 38.1 Å². The molecule has 0 aliphatic carbocycles. The smallest absolute Gasteiger partial charge is 0.459 e. The number of nitrogens with zero attached hydrogens (tertiary/aromatic N) is 2. The minimum Gasteiger partial charge on any atom is -0.462 e. The zero-order valence-corrected chi connectivity index (χ0v) is 22.0. The van der Waals surface area contributed by atoms with Crippen LogP contribution in [0.1, 0.15) is 27.7 Å². The van der Waals surface area contributed by atoms with E-state index in [9.17, 15) is 34.4 Å². The molecule has 0 bridgehead atoms. The van der Waals surface area contributed by atoms with Gasteiger partial charge in [0, 0.05) is 12.3 Å². The highest BCUT2D eigenvalue weighted by Gasteiger charge is 2.65. The van der Waals surface area contributed by atoms with Crippen molar-refractivity contribution in [2.24, 2.45) is 0 Å². The number of H-pyrrole nitrogens is 1. The molecule has 0 saturated carbocycles. The van der Waals surface area contributed by atoms with Gasteiger partial charge in [-0.1, -0.05) is 18.2 Å². The molecule has 1 aromatic carbocycles. The molecule has 4 N–H and O–H groups in total. The van der Waals surface area contributed by atoms with E-state index in [0.717, 1.165) is 19.2 Å². The number of para-hydroxylation sites is 1. The molecule has 206 valence electrons. The summed E-state index contributed by atoms with van der Waals surface area (Å²) in [5.41, 5.74) is -6.73. The van der Waals surface area contributed by atoms with E-state index in [-0.39, 0.29) is 5.75 Å².